The number of urea groups is 1. The van der Waals surface area contributed by atoms with E-state index >= 15 is 0 Å². The highest BCUT2D eigenvalue weighted by molar-refractivity contribution is 5.92. The second-order valence-corrected chi connectivity index (χ2v) is 3.69. The van der Waals surface area contributed by atoms with E-state index in [0.29, 0.717) is 23.7 Å². The van der Waals surface area contributed by atoms with Gasteiger partial charge < -0.3 is 21.1 Å². The first-order chi connectivity index (χ1) is 8.17. The molecule has 0 fully saturated rings. The van der Waals surface area contributed by atoms with Crippen LogP contribution in [-0.4, -0.2) is 19.7 Å². The number of hydrogen-bond acceptors (Lipinski definition) is 3. The number of carbonyl (C=O) groups excluding carboxylic acids is 1. The number of methoxy groups -OCH3 is 1. The smallest absolute Gasteiger partial charge is 0.319 e. The summed E-state index contributed by atoms with van der Waals surface area (Å²) in [6.45, 7) is 2.73. The van der Waals surface area contributed by atoms with Crippen LogP contribution in [0.1, 0.15) is 19.8 Å². The minimum absolute atomic E-state index is 0.251. The first kappa shape index (κ1) is 13.2. The summed E-state index contributed by atoms with van der Waals surface area (Å²) in [6.07, 6.45) is 2.00. The van der Waals surface area contributed by atoms with Crippen molar-refractivity contribution in [1.29, 1.82) is 0 Å². The van der Waals surface area contributed by atoms with Gasteiger partial charge in [-0.05, 0) is 18.6 Å². The second kappa shape index (κ2) is 6.62. The van der Waals surface area contributed by atoms with E-state index in [-0.39, 0.29) is 6.03 Å². The molecule has 0 saturated carbocycles. The molecule has 0 aliphatic rings. The molecule has 1 aromatic carbocycles. The van der Waals surface area contributed by atoms with Crippen LogP contribution < -0.4 is 21.1 Å². The van der Waals surface area contributed by atoms with E-state index in [9.17, 15) is 4.79 Å². The maximum atomic E-state index is 11.5. The SMILES string of the molecule is CCCCNC(=O)Nc1cc(OC)ccc1N. The van der Waals surface area contributed by atoms with E-state index in [1.807, 2.05) is 0 Å². The predicted molar refractivity (Wildman–Crippen MR) is 69.3 cm³/mol. The quantitative estimate of drug-likeness (QED) is 0.542. The van der Waals surface area contributed by atoms with Crippen molar-refractivity contribution >= 4 is 17.4 Å². The Balaban J connectivity index is 2.57. The summed E-state index contributed by atoms with van der Waals surface area (Å²) in [5.41, 5.74) is 6.81. The Morgan fingerprint density at radius 3 is 2.88 bits per heavy atom. The Morgan fingerprint density at radius 1 is 1.47 bits per heavy atom. The number of nitrogens with one attached hydrogen (secondary N) is 2. The van der Waals surface area contributed by atoms with Gasteiger partial charge in [0.15, 0.2) is 0 Å². The monoisotopic (exact) mass is 237 g/mol. The maximum absolute atomic E-state index is 11.5. The predicted octanol–water partition coefficient (Wildman–Crippen LogP) is 2.20. The standard InChI is InChI=1S/C12H19N3O2/c1-3-4-7-14-12(16)15-11-8-9(17-2)5-6-10(11)13/h5-6,8H,3-4,7,13H2,1-2H3,(H2,14,15,16). The van der Waals surface area contributed by atoms with Gasteiger partial charge in [0, 0.05) is 12.6 Å². The van der Waals surface area contributed by atoms with Crippen LogP contribution in [0, 0.1) is 0 Å². The summed E-state index contributed by atoms with van der Waals surface area (Å²) in [7, 11) is 1.57. The van der Waals surface area contributed by atoms with Crippen molar-refractivity contribution in [1.82, 2.24) is 5.32 Å². The molecule has 0 spiro atoms. The van der Waals surface area contributed by atoms with Crippen LogP contribution in [0.15, 0.2) is 18.2 Å². The van der Waals surface area contributed by atoms with Crippen LogP contribution in [0.2, 0.25) is 0 Å². The first-order valence-electron chi connectivity index (χ1n) is 5.65. The van der Waals surface area contributed by atoms with Crippen molar-refractivity contribution in [2.45, 2.75) is 19.8 Å². The summed E-state index contributed by atoms with van der Waals surface area (Å²) >= 11 is 0. The lowest BCUT2D eigenvalue weighted by Crippen LogP contribution is -2.29. The number of unbranched alkanes of at least 4 members (excludes halogenated alkanes) is 1. The van der Waals surface area contributed by atoms with Crippen LogP contribution in [-0.2, 0) is 0 Å². The van der Waals surface area contributed by atoms with Crippen molar-refractivity contribution < 1.29 is 9.53 Å². The molecule has 1 aromatic rings. The fourth-order valence-electron chi connectivity index (χ4n) is 1.32. The number of amides is 2. The third-order valence-electron chi connectivity index (χ3n) is 2.32. The number of anilines is 2. The molecule has 0 aromatic heterocycles. The number of nitrogen functional groups attached to an aromatic ring is 1. The molecule has 0 bridgehead atoms. The summed E-state index contributed by atoms with van der Waals surface area (Å²) in [4.78, 5) is 11.5. The minimum atomic E-state index is -0.251. The van der Waals surface area contributed by atoms with Crippen LogP contribution in [0.25, 0.3) is 0 Å². The highest BCUT2D eigenvalue weighted by Crippen LogP contribution is 2.24. The summed E-state index contributed by atoms with van der Waals surface area (Å²) < 4.78 is 5.06. The van der Waals surface area contributed by atoms with E-state index in [1.54, 1.807) is 25.3 Å². The first-order valence-corrected chi connectivity index (χ1v) is 5.65. The Bertz CT molecular complexity index is 380. The summed E-state index contributed by atoms with van der Waals surface area (Å²) in [6, 6.07) is 4.88. The van der Waals surface area contributed by atoms with Crippen molar-refractivity contribution in [3.63, 3.8) is 0 Å². The van der Waals surface area contributed by atoms with E-state index in [0.717, 1.165) is 12.8 Å². The summed E-state index contributed by atoms with van der Waals surface area (Å²) in [5.74, 6) is 0.656. The molecular formula is C12H19N3O2. The lowest BCUT2D eigenvalue weighted by atomic mass is 10.2. The van der Waals surface area contributed by atoms with Crippen LogP contribution >= 0.6 is 0 Å². The Hall–Kier alpha value is -1.91. The van der Waals surface area contributed by atoms with Gasteiger partial charge in [-0.15, -0.1) is 0 Å². The zero-order valence-corrected chi connectivity index (χ0v) is 10.2. The number of hydrogen-bond donors (Lipinski definition) is 3. The van der Waals surface area contributed by atoms with Crippen LogP contribution in [0.3, 0.4) is 0 Å². The normalized spacial score (nSPS) is 9.76. The molecule has 0 radical (unpaired) electrons. The van der Waals surface area contributed by atoms with Gasteiger partial charge in [0.2, 0.25) is 0 Å². The van der Waals surface area contributed by atoms with Gasteiger partial charge in [-0.25, -0.2) is 4.79 Å². The topological polar surface area (TPSA) is 76.4 Å². The van der Waals surface area contributed by atoms with Crippen molar-refractivity contribution in [3.8, 4) is 5.75 Å². The average molecular weight is 237 g/mol. The highest BCUT2D eigenvalue weighted by Gasteiger charge is 2.05. The van der Waals surface area contributed by atoms with Gasteiger partial charge in [-0.3, -0.25) is 0 Å². The molecule has 4 N–H and O–H groups in total. The van der Waals surface area contributed by atoms with Crippen LogP contribution in [0.4, 0.5) is 16.2 Å². The molecule has 1 rings (SSSR count). The lowest BCUT2D eigenvalue weighted by molar-refractivity contribution is 0.252. The lowest BCUT2D eigenvalue weighted by Gasteiger charge is -2.10. The zero-order valence-electron chi connectivity index (χ0n) is 10.2. The molecule has 0 saturated heterocycles. The molecule has 0 aliphatic heterocycles. The third kappa shape index (κ3) is 4.22. The number of benzene rings is 1. The van der Waals surface area contributed by atoms with Gasteiger partial charge in [-0.2, -0.15) is 0 Å². The fraction of sp³-hybridized carbons (Fsp3) is 0.417. The molecular weight excluding hydrogens is 218 g/mol. The molecule has 5 nitrogen and oxygen atoms in total. The molecule has 2 amide bonds. The van der Waals surface area contributed by atoms with Crippen LogP contribution in [0.5, 0.6) is 5.75 Å². The van der Waals surface area contributed by atoms with E-state index < -0.39 is 0 Å². The van der Waals surface area contributed by atoms with Crippen molar-refractivity contribution in [2.75, 3.05) is 24.7 Å². The number of rotatable bonds is 5. The van der Waals surface area contributed by atoms with Gasteiger partial charge >= 0.3 is 6.03 Å². The Labute approximate surface area is 101 Å². The molecule has 17 heavy (non-hydrogen) atoms. The van der Waals surface area contributed by atoms with Crippen molar-refractivity contribution in [2.24, 2.45) is 0 Å². The summed E-state index contributed by atoms with van der Waals surface area (Å²) in [5, 5.41) is 5.44. The number of nitrogens with two attached hydrogens (primary N) is 1. The molecule has 0 heterocycles. The third-order valence-corrected chi connectivity index (χ3v) is 2.32. The van der Waals surface area contributed by atoms with Gasteiger partial charge in [0.25, 0.3) is 0 Å². The van der Waals surface area contributed by atoms with E-state index in [2.05, 4.69) is 17.6 Å². The van der Waals surface area contributed by atoms with Gasteiger partial charge in [-0.1, -0.05) is 13.3 Å². The Kier molecular flexibility index (Phi) is 5.13. The minimum Gasteiger partial charge on any atom is -0.497 e. The van der Waals surface area contributed by atoms with E-state index in [4.69, 9.17) is 10.5 Å². The molecule has 0 atom stereocenters. The zero-order chi connectivity index (χ0) is 12.7. The number of ether oxygens (including phenoxy) is 1. The fourth-order valence-corrected chi connectivity index (χ4v) is 1.32. The molecule has 5 heteroatoms. The molecule has 94 valence electrons. The molecule has 0 unspecified atom stereocenters. The molecule has 0 aliphatic carbocycles. The average Bonchev–Trinajstić information content (AvgIpc) is 2.32. The van der Waals surface area contributed by atoms with Crippen molar-refractivity contribution in [3.05, 3.63) is 18.2 Å². The largest absolute Gasteiger partial charge is 0.497 e. The highest BCUT2D eigenvalue weighted by atomic mass is 16.5. The maximum Gasteiger partial charge on any atom is 0.319 e. The van der Waals surface area contributed by atoms with Gasteiger partial charge in [0.1, 0.15) is 5.75 Å². The number of carbonyl (C=O) groups is 1. The van der Waals surface area contributed by atoms with Gasteiger partial charge in [0.05, 0.1) is 18.5 Å². The van der Waals surface area contributed by atoms with E-state index in [1.165, 1.54) is 0 Å². The second-order valence-electron chi connectivity index (χ2n) is 3.69. The Morgan fingerprint density at radius 2 is 2.24 bits per heavy atom.